The summed E-state index contributed by atoms with van der Waals surface area (Å²) in [7, 11) is 0. The van der Waals surface area contributed by atoms with Gasteiger partial charge in [0, 0.05) is 5.92 Å². The van der Waals surface area contributed by atoms with E-state index in [4.69, 9.17) is 9.52 Å². The summed E-state index contributed by atoms with van der Waals surface area (Å²) in [5.41, 5.74) is 0. The maximum absolute atomic E-state index is 10.4. The van der Waals surface area contributed by atoms with Crippen LogP contribution in [0.5, 0.6) is 0 Å². The molecule has 1 heterocycles. The Balaban J connectivity index is 2.17. The molecule has 1 aromatic heterocycles. The third-order valence-electron chi connectivity index (χ3n) is 2.35. The van der Waals surface area contributed by atoms with Gasteiger partial charge in [0.05, 0.1) is 0 Å². The summed E-state index contributed by atoms with van der Waals surface area (Å²) >= 11 is 0. The van der Waals surface area contributed by atoms with Crippen LogP contribution in [-0.4, -0.2) is 11.1 Å². The van der Waals surface area contributed by atoms with E-state index in [2.05, 4.69) is 0 Å². The maximum Gasteiger partial charge on any atom is 0.371 e. The number of hydrogen-bond acceptors (Lipinski definition) is 2. The molecule has 0 spiro atoms. The number of furan rings is 1. The van der Waals surface area contributed by atoms with Gasteiger partial charge in [-0.15, -0.1) is 0 Å². The van der Waals surface area contributed by atoms with Crippen molar-refractivity contribution in [1.82, 2.24) is 0 Å². The summed E-state index contributed by atoms with van der Waals surface area (Å²) in [5.74, 6) is 0.370. The third kappa shape index (κ3) is 1.11. The summed E-state index contributed by atoms with van der Waals surface area (Å²) in [6.45, 7) is 0. The molecule has 3 heteroatoms. The molecule has 0 unspecified atom stereocenters. The van der Waals surface area contributed by atoms with E-state index >= 15 is 0 Å². The summed E-state index contributed by atoms with van der Waals surface area (Å²) in [6.07, 6.45) is 3.49. The smallest absolute Gasteiger partial charge is 0.371 e. The second-order valence-corrected chi connectivity index (χ2v) is 3.13. The van der Waals surface area contributed by atoms with E-state index in [0.29, 0.717) is 5.92 Å². The van der Waals surface area contributed by atoms with Crippen LogP contribution < -0.4 is 0 Å². The Morgan fingerprint density at radius 1 is 1.50 bits per heavy atom. The lowest BCUT2D eigenvalue weighted by molar-refractivity contribution is 0.0658. The van der Waals surface area contributed by atoms with Gasteiger partial charge in [-0.1, -0.05) is 6.42 Å². The Kier molecular flexibility index (Phi) is 1.64. The zero-order chi connectivity index (χ0) is 8.55. The highest BCUT2D eigenvalue weighted by atomic mass is 16.4. The highest BCUT2D eigenvalue weighted by Gasteiger charge is 2.23. The molecule has 1 fully saturated rings. The van der Waals surface area contributed by atoms with Crippen LogP contribution in [0.3, 0.4) is 0 Å². The number of carboxylic acids is 1. The number of hydrogen-bond donors (Lipinski definition) is 1. The quantitative estimate of drug-likeness (QED) is 0.733. The van der Waals surface area contributed by atoms with Gasteiger partial charge in [-0.25, -0.2) is 4.79 Å². The van der Waals surface area contributed by atoms with Crippen LogP contribution in [0.2, 0.25) is 0 Å². The molecule has 1 saturated carbocycles. The number of aromatic carboxylic acids is 1. The van der Waals surface area contributed by atoms with Crippen molar-refractivity contribution in [3.05, 3.63) is 23.7 Å². The minimum absolute atomic E-state index is 0.0527. The van der Waals surface area contributed by atoms with Crippen molar-refractivity contribution in [2.45, 2.75) is 25.2 Å². The summed E-state index contributed by atoms with van der Waals surface area (Å²) in [5, 5.41) is 8.58. The minimum atomic E-state index is -0.986. The second kappa shape index (κ2) is 2.66. The third-order valence-corrected chi connectivity index (χ3v) is 2.35. The van der Waals surface area contributed by atoms with Crippen LogP contribution in [0.15, 0.2) is 16.5 Å². The first-order chi connectivity index (χ1) is 5.77. The van der Waals surface area contributed by atoms with Crippen molar-refractivity contribution in [1.29, 1.82) is 0 Å². The fourth-order valence-corrected chi connectivity index (χ4v) is 1.38. The molecule has 1 aliphatic carbocycles. The van der Waals surface area contributed by atoms with Gasteiger partial charge in [-0.3, -0.25) is 0 Å². The zero-order valence-electron chi connectivity index (χ0n) is 6.62. The van der Waals surface area contributed by atoms with Crippen LogP contribution in [0.1, 0.15) is 41.5 Å². The van der Waals surface area contributed by atoms with Crippen molar-refractivity contribution in [2.75, 3.05) is 0 Å². The second-order valence-electron chi connectivity index (χ2n) is 3.13. The fraction of sp³-hybridized carbons (Fsp3) is 0.444. The Labute approximate surface area is 70.0 Å². The zero-order valence-corrected chi connectivity index (χ0v) is 6.62. The van der Waals surface area contributed by atoms with Crippen molar-refractivity contribution in [2.24, 2.45) is 0 Å². The summed E-state index contributed by atoms with van der Waals surface area (Å²) in [6, 6.07) is 3.29. The van der Waals surface area contributed by atoms with Gasteiger partial charge in [-0.05, 0) is 25.0 Å². The molecule has 0 aliphatic heterocycles. The van der Waals surface area contributed by atoms with Crippen molar-refractivity contribution in [3.8, 4) is 0 Å². The van der Waals surface area contributed by atoms with Gasteiger partial charge >= 0.3 is 5.97 Å². The maximum atomic E-state index is 10.4. The molecular weight excluding hydrogens is 156 g/mol. The topological polar surface area (TPSA) is 50.4 Å². The Hall–Kier alpha value is -1.25. The lowest BCUT2D eigenvalue weighted by atomic mass is 9.84. The van der Waals surface area contributed by atoms with Gasteiger partial charge in [-0.2, -0.15) is 0 Å². The average Bonchev–Trinajstić information content (AvgIpc) is 2.32. The number of rotatable bonds is 2. The molecule has 0 atom stereocenters. The van der Waals surface area contributed by atoms with E-state index in [9.17, 15) is 4.79 Å². The molecule has 0 saturated heterocycles. The first-order valence-electron chi connectivity index (χ1n) is 4.10. The van der Waals surface area contributed by atoms with Gasteiger partial charge in [0.2, 0.25) is 5.76 Å². The van der Waals surface area contributed by atoms with E-state index < -0.39 is 5.97 Å². The Bertz CT molecular complexity index is 296. The Morgan fingerprint density at radius 2 is 2.25 bits per heavy atom. The molecule has 1 aliphatic rings. The molecule has 0 radical (unpaired) electrons. The average molecular weight is 166 g/mol. The lowest BCUT2D eigenvalue weighted by Gasteiger charge is -2.22. The van der Waals surface area contributed by atoms with Crippen LogP contribution in [0, 0.1) is 0 Å². The highest BCUT2D eigenvalue weighted by Crippen LogP contribution is 2.36. The molecule has 64 valence electrons. The van der Waals surface area contributed by atoms with Crippen LogP contribution in [0.25, 0.3) is 0 Å². The van der Waals surface area contributed by atoms with E-state index in [1.165, 1.54) is 12.5 Å². The Morgan fingerprint density at radius 3 is 2.67 bits per heavy atom. The van der Waals surface area contributed by atoms with Gasteiger partial charge in [0.25, 0.3) is 0 Å². The van der Waals surface area contributed by atoms with Crippen molar-refractivity contribution in [3.63, 3.8) is 0 Å². The molecule has 0 bridgehead atoms. The predicted octanol–water partition coefficient (Wildman–Crippen LogP) is 2.25. The van der Waals surface area contributed by atoms with Gasteiger partial charge in [0.1, 0.15) is 5.76 Å². The monoisotopic (exact) mass is 166 g/mol. The van der Waals surface area contributed by atoms with Crippen LogP contribution in [-0.2, 0) is 0 Å². The molecule has 0 amide bonds. The minimum Gasteiger partial charge on any atom is -0.475 e. The lowest BCUT2D eigenvalue weighted by Crippen LogP contribution is -2.07. The molecule has 3 nitrogen and oxygen atoms in total. The van der Waals surface area contributed by atoms with E-state index in [-0.39, 0.29) is 5.76 Å². The number of carboxylic acid groups (broad SMARTS) is 1. The first kappa shape index (κ1) is 7.40. The fourth-order valence-electron chi connectivity index (χ4n) is 1.38. The van der Waals surface area contributed by atoms with Crippen LogP contribution >= 0.6 is 0 Å². The standard InChI is InChI=1S/C9H10O3/c10-9(11)8-5-4-7(12-8)6-2-1-3-6/h4-6H,1-3H2,(H,10,11). The van der Waals surface area contributed by atoms with Crippen LogP contribution in [0.4, 0.5) is 0 Å². The van der Waals surface area contributed by atoms with E-state index in [0.717, 1.165) is 18.6 Å². The van der Waals surface area contributed by atoms with Gasteiger partial charge < -0.3 is 9.52 Å². The molecule has 1 aromatic rings. The molecule has 1 N–H and O–H groups in total. The molecular formula is C9H10O3. The predicted molar refractivity (Wildman–Crippen MR) is 42.3 cm³/mol. The summed E-state index contributed by atoms with van der Waals surface area (Å²) < 4.78 is 5.15. The van der Waals surface area contributed by atoms with Gasteiger partial charge in [0.15, 0.2) is 0 Å². The molecule has 2 rings (SSSR count). The first-order valence-corrected chi connectivity index (χ1v) is 4.10. The summed E-state index contributed by atoms with van der Waals surface area (Å²) in [4.78, 5) is 10.4. The highest BCUT2D eigenvalue weighted by molar-refractivity contribution is 5.84. The SMILES string of the molecule is O=C(O)c1ccc(C2CCC2)o1. The number of carbonyl (C=O) groups is 1. The van der Waals surface area contributed by atoms with E-state index in [1.54, 1.807) is 6.07 Å². The van der Waals surface area contributed by atoms with Crippen molar-refractivity contribution < 1.29 is 14.3 Å². The van der Waals surface area contributed by atoms with E-state index in [1.807, 2.05) is 0 Å². The normalized spacial score (nSPS) is 17.3. The largest absolute Gasteiger partial charge is 0.475 e. The molecule has 0 aromatic carbocycles. The van der Waals surface area contributed by atoms with Crippen molar-refractivity contribution >= 4 is 5.97 Å². The molecule has 12 heavy (non-hydrogen) atoms.